The number of hydrogen-bond donors (Lipinski definition) is 0. The fraction of sp³-hybridized carbons (Fsp3) is 0.458. The highest BCUT2D eigenvalue weighted by atomic mass is 15.5. The van der Waals surface area contributed by atoms with Crippen molar-refractivity contribution >= 4 is 17.0 Å². The molecule has 0 unspecified atom stereocenters. The molecule has 0 saturated heterocycles. The molecule has 4 heteroatoms. The maximum Gasteiger partial charge on any atom is 0.208 e. The largest absolute Gasteiger partial charge is 0.329 e. The van der Waals surface area contributed by atoms with Gasteiger partial charge >= 0.3 is 0 Å². The van der Waals surface area contributed by atoms with Gasteiger partial charge in [-0.1, -0.05) is 63.6 Å². The quantitative estimate of drug-likeness (QED) is 0.564. The predicted molar refractivity (Wildman–Crippen MR) is 118 cm³/mol. The van der Waals surface area contributed by atoms with Crippen LogP contribution in [0.3, 0.4) is 0 Å². The molecule has 1 aliphatic rings. The summed E-state index contributed by atoms with van der Waals surface area (Å²) < 4.78 is 2.39. The van der Waals surface area contributed by atoms with Crippen LogP contribution in [0.25, 0.3) is 11.0 Å². The molecule has 0 radical (unpaired) electrons. The molecule has 4 rings (SSSR count). The lowest BCUT2D eigenvalue weighted by Crippen LogP contribution is -2.46. The smallest absolute Gasteiger partial charge is 0.208 e. The van der Waals surface area contributed by atoms with E-state index in [1.165, 1.54) is 29.5 Å². The summed E-state index contributed by atoms with van der Waals surface area (Å²) in [6.07, 6.45) is 3.49. The summed E-state index contributed by atoms with van der Waals surface area (Å²) in [6, 6.07) is 17.7. The molecular formula is C24H32N4. The van der Waals surface area contributed by atoms with E-state index in [0.717, 1.165) is 44.3 Å². The second-order valence-corrected chi connectivity index (χ2v) is 8.27. The Morgan fingerprint density at radius 1 is 0.964 bits per heavy atom. The van der Waals surface area contributed by atoms with Crippen LogP contribution in [0.4, 0.5) is 5.95 Å². The summed E-state index contributed by atoms with van der Waals surface area (Å²) in [5, 5.41) is 0. The molecule has 3 aromatic rings. The standard InChI is InChI=1S/C24H32N4/c1-4-5-15-27-17-26(16-14-20-10-12-21(13-11-20)19(2)3)18-28-23-9-7-6-8-22(23)25-24(27)28/h6-13,19H,4-5,14-18H2,1-3H3. The van der Waals surface area contributed by atoms with Crippen LogP contribution in [-0.4, -0.2) is 34.2 Å². The van der Waals surface area contributed by atoms with Crippen molar-refractivity contribution in [1.82, 2.24) is 14.5 Å². The van der Waals surface area contributed by atoms with Crippen LogP contribution >= 0.6 is 0 Å². The van der Waals surface area contributed by atoms with Gasteiger partial charge in [-0.15, -0.1) is 0 Å². The maximum absolute atomic E-state index is 4.93. The normalized spacial score (nSPS) is 14.8. The molecule has 2 aromatic carbocycles. The number of nitrogens with zero attached hydrogens (tertiary/aromatic N) is 4. The Morgan fingerprint density at radius 2 is 1.75 bits per heavy atom. The number of aromatic nitrogens is 2. The van der Waals surface area contributed by atoms with Crippen LogP contribution in [-0.2, 0) is 13.1 Å². The first-order chi connectivity index (χ1) is 13.7. The van der Waals surface area contributed by atoms with Crippen molar-refractivity contribution in [2.24, 2.45) is 0 Å². The molecule has 2 heterocycles. The van der Waals surface area contributed by atoms with Gasteiger partial charge in [0.15, 0.2) is 0 Å². The van der Waals surface area contributed by atoms with E-state index in [2.05, 4.69) is 83.7 Å². The Morgan fingerprint density at radius 3 is 2.50 bits per heavy atom. The second-order valence-electron chi connectivity index (χ2n) is 8.27. The molecule has 0 bridgehead atoms. The van der Waals surface area contributed by atoms with E-state index >= 15 is 0 Å². The number of benzene rings is 2. The Balaban J connectivity index is 1.50. The summed E-state index contributed by atoms with van der Waals surface area (Å²) in [5.41, 5.74) is 5.18. The Bertz CT molecular complexity index is 910. The highest BCUT2D eigenvalue weighted by Gasteiger charge is 2.25. The first-order valence-corrected chi connectivity index (χ1v) is 10.7. The lowest BCUT2D eigenvalue weighted by molar-refractivity contribution is 0.201. The van der Waals surface area contributed by atoms with Crippen molar-refractivity contribution in [3.8, 4) is 0 Å². The third-order valence-electron chi connectivity index (χ3n) is 5.77. The zero-order valence-corrected chi connectivity index (χ0v) is 17.4. The van der Waals surface area contributed by atoms with Crippen molar-refractivity contribution < 1.29 is 0 Å². The molecule has 0 amide bonds. The molecule has 1 aliphatic heterocycles. The van der Waals surface area contributed by atoms with Gasteiger partial charge in [-0.05, 0) is 42.0 Å². The Labute approximate surface area is 168 Å². The SMILES string of the molecule is CCCCN1CN(CCc2ccc(C(C)C)cc2)Cn2c1nc1ccccc12. The Kier molecular flexibility index (Phi) is 5.67. The third-order valence-corrected chi connectivity index (χ3v) is 5.77. The topological polar surface area (TPSA) is 24.3 Å². The molecule has 4 nitrogen and oxygen atoms in total. The first kappa shape index (κ1) is 19.0. The highest BCUT2D eigenvalue weighted by Crippen LogP contribution is 2.27. The average Bonchev–Trinajstić information content (AvgIpc) is 3.09. The number of imidazole rings is 1. The summed E-state index contributed by atoms with van der Waals surface area (Å²) in [6.45, 7) is 10.8. The van der Waals surface area contributed by atoms with Crippen molar-refractivity contribution in [2.75, 3.05) is 24.7 Å². The summed E-state index contributed by atoms with van der Waals surface area (Å²) >= 11 is 0. The molecule has 0 N–H and O–H groups in total. The van der Waals surface area contributed by atoms with E-state index in [0.29, 0.717) is 5.92 Å². The number of hydrogen-bond acceptors (Lipinski definition) is 3. The fourth-order valence-corrected chi connectivity index (χ4v) is 4.01. The average molecular weight is 377 g/mol. The van der Waals surface area contributed by atoms with E-state index in [4.69, 9.17) is 4.98 Å². The first-order valence-electron chi connectivity index (χ1n) is 10.7. The molecule has 1 aromatic heterocycles. The minimum absolute atomic E-state index is 0.594. The molecule has 148 valence electrons. The van der Waals surface area contributed by atoms with Crippen LogP contribution in [0, 0.1) is 0 Å². The van der Waals surface area contributed by atoms with E-state index in [-0.39, 0.29) is 0 Å². The van der Waals surface area contributed by atoms with E-state index < -0.39 is 0 Å². The van der Waals surface area contributed by atoms with Gasteiger partial charge in [0.2, 0.25) is 5.95 Å². The monoisotopic (exact) mass is 376 g/mol. The maximum atomic E-state index is 4.93. The van der Waals surface area contributed by atoms with E-state index in [1.54, 1.807) is 0 Å². The van der Waals surface area contributed by atoms with Gasteiger partial charge in [-0.2, -0.15) is 0 Å². The summed E-state index contributed by atoms with van der Waals surface area (Å²) in [4.78, 5) is 9.93. The van der Waals surface area contributed by atoms with Crippen molar-refractivity contribution in [3.05, 3.63) is 59.7 Å². The van der Waals surface area contributed by atoms with Crippen molar-refractivity contribution in [1.29, 1.82) is 0 Å². The second kappa shape index (κ2) is 8.36. The molecule has 0 aliphatic carbocycles. The van der Waals surface area contributed by atoms with Crippen LogP contribution in [0.1, 0.15) is 50.7 Å². The van der Waals surface area contributed by atoms with Crippen molar-refractivity contribution in [2.45, 2.75) is 52.6 Å². The Hall–Kier alpha value is -2.33. The van der Waals surface area contributed by atoms with E-state index in [1.807, 2.05) is 0 Å². The zero-order valence-electron chi connectivity index (χ0n) is 17.4. The summed E-state index contributed by atoms with van der Waals surface area (Å²) in [5.74, 6) is 1.73. The van der Waals surface area contributed by atoms with Crippen LogP contribution in [0.2, 0.25) is 0 Å². The lowest BCUT2D eigenvalue weighted by atomic mass is 10.0. The molecule has 0 saturated carbocycles. The van der Waals surface area contributed by atoms with Gasteiger partial charge in [-0.3, -0.25) is 9.47 Å². The number of para-hydroxylation sites is 2. The zero-order chi connectivity index (χ0) is 19.5. The van der Waals surface area contributed by atoms with Gasteiger partial charge in [0.05, 0.1) is 24.4 Å². The minimum atomic E-state index is 0.594. The molecule has 28 heavy (non-hydrogen) atoms. The van der Waals surface area contributed by atoms with Crippen LogP contribution in [0.15, 0.2) is 48.5 Å². The van der Waals surface area contributed by atoms with Crippen LogP contribution < -0.4 is 4.90 Å². The van der Waals surface area contributed by atoms with Gasteiger partial charge < -0.3 is 4.90 Å². The molecule has 0 spiro atoms. The highest BCUT2D eigenvalue weighted by molar-refractivity contribution is 5.79. The molecule has 0 fully saturated rings. The van der Waals surface area contributed by atoms with Crippen LogP contribution in [0.5, 0.6) is 0 Å². The number of anilines is 1. The third kappa shape index (κ3) is 3.93. The number of rotatable bonds is 7. The summed E-state index contributed by atoms with van der Waals surface area (Å²) in [7, 11) is 0. The van der Waals surface area contributed by atoms with Gasteiger partial charge in [0.1, 0.15) is 0 Å². The number of fused-ring (bicyclic) bond motifs is 3. The van der Waals surface area contributed by atoms with E-state index in [9.17, 15) is 0 Å². The molecular weight excluding hydrogens is 344 g/mol. The minimum Gasteiger partial charge on any atom is -0.329 e. The van der Waals surface area contributed by atoms with Gasteiger partial charge in [0.25, 0.3) is 0 Å². The molecule has 0 atom stereocenters. The lowest BCUT2D eigenvalue weighted by Gasteiger charge is -2.37. The van der Waals surface area contributed by atoms with Gasteiger partial charge in [0, 0.05) is 13.1 Å². The fourth-order valence-electron chi connectivity index (χ4n) is 4.01. The number of unbranched alkanes of at least 4 members (excludes halogenated alkanes) is 1. The van der Waals surface area contributed by atoms with Gasteiger partial charge in [-0.25, -0.2) is 4.98 Å². The predicted octanol–water partition coefficient (Wildman–Crippen LogP) is 5.24. The van der Waals surface area contributed by atoms with Crippen molar-refractivity contribution in [3.63, 3.8) is 0 Å².